The second kappa shape index (κ2) is 14.2. The first-order valence-corrected chi connectivity index (χ1v) is 17.2. The van der Waals surface area contributed by atoms with Crippen molar-refractivity contribution in [2.45, 2.75) is 68.9 Å². The van der Waals surface area contributed by atoms with Gasteiger partial charge in [-0.1, -0.05) is 0 Å². The van der Waals surface area contributed by atoms with Crippen LogP contribution in [0.5, 0.6) is 0 Å². The number of nitrogens with zero attached hydrogens (tertiary/aromatic N) is 7. The number of hydrogen-bond acceptors (Lipinski definition) is 11. The third kappa shape index (κ3) is 7.05. The third-order valence-electron chi connectivity index (χ3n) is 10.3. The number of benzene rings is 2. The van der Waals surface area contributed by atoms with Crippen molar-refractivity contribution >= 4 is 35.0 Å². The van der Waals surface area contributed by atoms with Crippen LogP contribution < -0.4 is 25.3 Å². The molecular weight excluding hydrogens is 610 g/mol. The molecule has 4 fully saturated rings. The van der Waals surface area contributed by atoms with E-state index in [1.54, 1.807) is 0 Å². The van der Waals surface area contributed by atoms with Crippen molar-refractivity contribution in [3.05, 3.63) is 48.5 Å². The van der Waals surface area contributed by atoms with Gasteiger partial charge in [0, 0.05) is 54.8 Å². The summed E-state index contributed by atoms with van der Waals surface area (Å²) >= 11 is 0. The van der Waals surface area contributed by atoms with Crippen molar-refractivity contribution < 1.29 is 19.7 Å². The average Bonchev–Trinajstić information content (AvgIpc) is 3.70. The summed E-state index contributed by atoms with van der Waals surface area (Å²) in [6, 6.07) is 15.4. The van der Waals surface area contributed by atoms with Crippen LogP contribution in [0.3, 0.4) is 0 Å². The van der Waals surface area contributed by atoms with E-state index in [4.69, 9.17) is 19.7 Å². The number of piperidine rings is 1. The minimum atomic E-state index is -0.326. The lowest BCUT2D eigenvalue weighted by atomic mass is 10.0. The van der Waals surface area contributed by atoms with Crippen LogP contribution in [0.15, 0.2) is 48.5 Å². The molecule has 0 saturated carbocycles. The van der Waals surface area contributed by atoms with Crippen molar-refractivity contribution in [3.63, 3.8) is 0 Å². The van der Waals surface area contributed by atoms with Gasteiger partial charge in [-0.25, -0.2) is 4.79 Å². The Morgan fingerprint density at radius 2 is 1.33 bits per heavy atom. The SMILES string of the molecule is CN(C)C1CCN(c2ccc(NC(=O)Nc3ccc(-c4nc(N5CC6CCC(C5)O6)nc(N5C(CO)CCC5CO)n4)cc3)cc2)CC1. The molecule has 4 N–H and O–H groups in total. The van der Waals surface area contributed by atoms with E-state index >= 15 is 0 Å². The van der Waals surface area contributed by atoms with E-state index in [2.05, 4.69) is 51.6 Å². The van der Waals surface area contributed by atoms with Crippen LogP contribution in [-0.4, -0.2) is 120 Å². The number of nitrogens with one attached hydrogen (secondary N) is 2. The molecule has 0 spiro atoms. The number of aliphatic hydroxyl groups excluding tert-OH is 2. The Labute approximate surface area is 281 Å². The fourth-order valence-corrected chi connectivity index (χ4v) is 7.56. The number of rotatable bonds is 9. The van der Waals surface area contributed by atoms with Gasteiger partial charge in [-0.2, -0.15) is 15.0 Å². The van der Waals surface area contributed by atoms with E-state index in [9.17, 15) is 15.0 Å². The van der Waals surface area contributed by atoms with Crippen molar-refractivity contribution in [2.75, 3.05) is 78.8 Å². The normalized spacial score (nSPS) is 24.4. The summed E-state index contributed by atoms with van der Waals surface area (Å²) in [6.45, 7) is 3.38. The second-order valence-electron chi connectivity index (χ2n) is 13.7. The maximum absolute atomic E-state index is 12.9. The van der Waals surface area contributed by atoms with Gasteiger partial charge in [-0.15, -0.1) is 0 Å². The van der Waals surface area contributed by atoms with Gasteiger partial charge in [-0.05, 0) is 101 Å². The molecular formula is C35H47N9O4. The van der Waals surface area contributed by atoms with Crippen LogP contribution in [0.25, 0.3) is 11.4 Å². The first-order valence-electron chi connectivity index (χ1n) is 17.2. The molecule has 1 aromatic heterocycles. The summed E-state index contributed by atoms with van der Waals surface area (Å²) in [5, 5.41) is 26.1. The van der Waals surface area contributed by atoms with E-state index < -0.39 is 0 Å². The standard InChI is InChI=1S/C35H47N9O4/c1-41(2)26-15-17-42(18-16-26)27-9-7-25(8-10-27)37-35(47)36-24-5-3-23(4-6-24)32-38-33(43-19-30-13-14-31(20-43)48-30)40-34(39-32)44-28(21-45)11-12-29(44)22-46/h3-10,26,28-31,45-46H,11-22H2,1-2H3,(H2,36,37,47). The predicted octanol–water partition coefficient (Wildman–Crippen LogP) is 3.40. The number of hydrogen-bond donors (Lipinski definition) is 4. The van der Waals surface area contributed by atoms with E-state index in [1.165, 1.54) is 5.69 Å². The molecule has 4 unspecified atom stereocenters. The summed E-state index contributed by atoms with van der Waals surface area (Å²) in [4.78, 5) is 36.3. The van der Waals surface area contributed by atoms with Crippen molar-refractivity contribution in [2.24, 2.45) is 0 Å². The first-order chi connectivity index (χ1) is 23.4. The molecule has 5 heterocycles. The molecule has 4 aliphatic heterocycles. The molecule has 48 heavy (non-hydrogen) atoms. The Bertz CT molecular complexity index is 1520. The Kier molecular flexibility index (Phi) is 9.62. The molecule has 0 radical (unpaired) electrons. The molecule has 0 aliphatic carbocycles. The summed E-state index contributed by atoms with van der Waals surface area (Å²) < 4.78 is 6.05. The van der Waals surface area contributed by atoms with Crippen molar-refractivity contribution in [3.8, 4) is 11.4 Å². The minimum Gasteiger partial charge on any atom is -0.394 e. The molecule has 4 atom stereocenters. The lowest BCUT2D eigenvalue weighted by Gasteiger charge is -2.36. The molecule has 13 heteroatoms. The number of fused-ring (bicyclic) bond motifs is 2. The Hall–Kier alpha value is -4.04. The lowest BCUT2D eigenvalue weighted by Crippen LogP contribution is -2.45. The minimum absolute atomic E-state index is 0.0446. The fraction of sp³-hybridized carbons (Fsp3) is 0.543. The number of urea groups is 1. The molecule has 4 aliphatic rings. The number of carbonyl (C=O) groups excluding carboxylic acids is 1. The maximum Gasteiger partial charge on any atom is 0.323 e. The smallest absolute Gasteiger partial charge is 0.323 e. The van der Waals surface area contributed by atoms with Crippen LogP contribution >= 0.6 is 0 Å². The third-order valence-corrected chi connectivity index (χ3v) is 10.3. The van der Waals surface area contributed by atoms with Gasteiger partial charge in [0.1, 0.15) is 0 Å². The number of anilines is 5. The molecule has 2 aromatic carbocycles. The fourth-order valence-electron chi connectivity index (χ4n) is 7.56. The van der Waals surface area contributed by atoms with Crippen molar-refractivity contribution in [1.29, 1.82) is 0 Å². The van der Waals surface area contributed by atoms with Crippen molar-refractivity contribution in [1.82, 2.24) is 19.9 Å². The molecule has 2 amide bonds. The molecule has 4 saturated heterocycles. The molecule has 256 valence electrons. The highest BCUT2D eigenvalue weighted by molar-refractivity contribution is 6.00. The Balaban J connectivity index is 1.04. The second-order valence-corrected chi connectivity index (χ2v) is 13.7. The van der Waals surface area contributed by atoms with Gasteiger partial charge in [0.15, 0.2) is 5.82 Å². The van der Waals surface area contributed by atoms with Gasteiger partial charge in [0.05, 0.1) is 37.5 Å². The van der Waals surface area contributed by atoms with Crippen LogP contribution in [0.4, 0.5) is 33.8 Å². The molecule has 2 bridgehead atoms. The number of carbonyl (C=O) groups is 1. The zero-order valence-corrected chi connectivity index (χ0v) is 27.8. The van der Waals surface area contributed by atoms with E-state index in [1.807, 2.05) is 41.3 Å². The zero-order chi connectivity index (χ0) is 33.2. The number of aromatic nitrogens is 3. The highest BCUT2D eigenvalue weighted by Gasteiger charge is 2.38. The summed E-state index contributed by atoms with van der Waals surface area (Å²) in [5.74, 6) is 1.52. The summed E-state index contributed by atoms with van der Waals surface area (Å²) in [7, 11) is 4.29. The quantitative estimate of drug-likeness (QED) is 0.269. The number of ether oxygens (including phenoxy) is 1. The number of amides is 2. The van der Waals surface area contributed by atoms with E-state index in [0.717, 1.165) is 62.9 Å². The Morgan fingerprint density at radius 1 is 0.771 bits per heavy atom. The molecule has 13 nitrogen and oxygen atoms in total. The molecule has 3 aromatic rings. The first kappa shape index (κ1) is 32.5. The van der Waals surface area contributed by atoms with E-state index in [-0.39, 0.29) is 43.5 Å². The average molecular weight is 658 g/mol. The van der Waals surface area contributed by atoms with Crippen LogP contribution in [0.2, 0.25) is 0 Å². The van der Waals surface area contributed by atoms with Gasteiger partial charge >= 0.3 is 6.03 Å². The van der Waals surface area contributed by atoms with Crippen LogP contribution in [0.1, 0.15) is 38.5 Å². The largest absolute Gasteiger partial charge is 0.394 e. The van der Waals surface area contributed by atoms with E-state index in [0.29, 0.717) is 42.5 Å². The van der Waals surface area contributed by atoms with Crippen LogP contribution in [0, 0.1) is 0 Å². The number of aliphatic hydroxyl groups is 2. The monoisotopic (exact) mass is 657 g/mol. The zero-order valence-electron chi connectivity index (χ0n) is 27.8. The molecule has 7 rings (SSSR count). The van der Waals surface area contributed by atoms with Gasteiger partial charge in [-0.3, -0.25) is 0 Å². The van der Waals surface area contributed by atoms with Gasteiger partial charge < -0.3 is 45.2 Å². The van der Waals surface area contributed by atoms with Gasteiger partial charge in [0.25, 0.3) is 0 Å². The van der Waals surface area contributed by atoms with Crippen LogP contribution in [-0.2, 0) is 4.74 Å². The Morgan fingerprint density at radius 3 is 1.90 bits per heavy atom. The van der Waals surface area contributed by atoms with Gasteiger partial charge in [0.2, 0.25) is 11.9 Å². The number of morpholine rings is 1. The summed E-state index contributed by atoms with van der Waals surface area (Å²) in [5.41, 5.74) is 3.30. The summed E-state index contributed by atoms with van der Waals surface area (Å²) in [6.07, 6.45) is 6.17. The topological polar surface area (TPSA) is 142 Å². The highest BCUT2D eigenvalue weighted by atomic mass is 16.5. The predicted molar refractivity (Wildman–Crippen MR) is 187 cm³/mol. The highest BCUT2D eigenvalue weighted by Crippen LogP contribution is 2.33. The maximum atomic E-state index is 12.9. The lowest BCUT2D eigenvalue weighted by molar-refractivity contribution is 0.0299.